The van der Waals surface area contributed by atoms with Crippen LogP contribution in [0.5, 0.6) is 0 Å². The van der Waals surface area contributed by atoms with Gasteiger partial charge < -0.3 is 9.73 Å². The predicted molar refractivity (Wildman–Crippen MR) is 83.2 cm³/mol. The van der Waals surface area contributed by atoms with E-state index in [1.807, 2.05) is 17.1 Å². The Kier molecular flexibility index (Phi) is 4.52. The highest BCUT2D eigenvalue weighted by atomic mass is 16.4. The van der Waals surface area contributed by atoms with Crippen LogP contribution in [-0.4, -0.2) is 20.8 Å². The Balaban J connectivity index is 1.92. The van der Waals surface area contributed by atoms with E-state index in [0.29, 0.717) is 6.54 Å². The summed E-state index contributed by atoms with van der Waals surface area (Å²) in [6.07, 6.45) is 5.76. The molecule has 0 radical (unpaired) electrons. The SMILES string of the molecule is Cc1cnn([C@H](C)[C@H](C)NCc2ncc(C(C)(C)C)o2)c1. The highest BCUT2D eigenvalue weighted by Gasteiger charge is 2.20. The Bertz CT molecular complexity index is 579. The van der Waals surface area contributed by atoms with Crippen LogP contribution >= 0.6 is 0 Å². The van der Waals surface area contributed by atoms with E-state index in [1.165, 1.54) is 5.56 Å². The third-order valence-electron chi connectivity index (χ3n) is 3.74. The number of hydrogen-bond acceptors (Lipinski definition) is 4. The van der Waals surface area contributed by atoms with Crippen molar-refractivity contribution in [2.75, 3.05) is 0 Å². The molecule has 0 saturated heterocycles. The van der Waals surface area contributed by atoms with Gasteiger partial charge in [0.25, 0.3) is 0 Å². The van der Waals surface area contributed by atoms with Gasteiger partial charge in [0.05, 0.1) is 25.0 Å². The first-order valence-corrected chi connectivity index (χ1v) is 7.46. The van der Waals surface area contributed by atoms with E-state index >= 15 is 0 Å². The third kappa shape index (κ3) is 3.94. The van der Waals surface area contributed by atoms with Gasteiger partial charge in [-0.25, -0.2) is 4.98 Å². The van der Waals surface area contributed by atoms with Crippen molar-refractivity contribution in [1.82, 2.24) is 20.1 Å². The summed E-state index contributed by atoms with van der Waals surface area (Å²) in [4.78, 5) is 4.34. The van der Waals surface area contributed by atoms with Gasteiger partial charge in [0.1, 0.15) is 5.76 Å². The van der Waals surface area contributed by atoms with E-state index in [2.05, 4.69) is 63.1 Å². The number of aromatic nitrogens is 3. The van der Waals surface area contributed by atoms with Gasteiger partial charge in [0.2, 0.25) is 5.89 Å². The second-order valence-corrected chi connectivity index (χ2v) is 6.78. The smallest absolute Gasteiger partial charge is 0.208 e. The van der Waals surface area contributed by atoms with Gasteiger partial charge in [-0.1, -0.05) is 20.8 Å². The van der Waals surface area contributed by atoms with Crippen molar-refractivity contribution in [3.63, 3.8) is 0 Å². The van der Waals surface area contributed by atoms with Crippen LogP contribution in [0, 0.1) is 6.92 Å². The van der Waals surface area contributed by atoms with Gasteiger partial charge in [-0.3, -0.25) is 4.68 Å². The van der Waals surface area contributed by atoms with Crippen LogP contribution in [0.4, 0.5) is 0 Å². The van der Waals surface area contributed by atoms with Crippen LogP contribution in [0.15, 0.2) is 23.0 Å². The fraction of sp³-hybridized carbons (Fsp3) is 0.625. The topological polar surface area (TPSA) is 55.9 Å². The molecule has 0 saturated carbocycles. The summed E-state index contributed by atoms with van der Waals surface area (Å²) < 4.78 is 7.78. The molecule has 5 nitrogen and oxygen atoms in total. The van der Waals surface area contributed by atoms with Crippen molar-refractivity contribution in [3.8, 4) is 0 Å². The third-order valence-corrected chi connectivity index (χ3v) is 3.74. The highest BCUT2D eigenvalue weighted by molar-refractivity contribution is 5.06. The lowest BCUT2D eigenvalue weighted by atomic mass is 9.94. The molecule has 2 heterocycles. The van der Waals surface area contributed by atoms with Crippen molar-refractivity contribution >= 4 is 0 Å². The molecular weight excluding hydrogens is 264 g/mol. The van der Waals surface area contributed by atoms with Crippen molar-refractivity contribution in [2.45, 2.75) is 65.6 Å². The van der Waals surface area contributed by atoms with Crippen LogP contribution in [0.25, 0.3) is 0 Å². The van der Waals surface area contributed by atoms with Crippen LogP contribution in [0.2, 0.25) is 0 Å². The van der Waals surface area contributed by atoms with Gasteiger partial charge in [-0.15, -0.1) is 0 Å². The summed E-state index contributed by atoms with van der Waals surface area (Å²) in [6, 6.07) is 0.546. The largest absolute Gasteiger partial charge is 0.444 e. The minimum absolute atomic E-state index is 0.00323. The van der Waals surface area contributed by atoms with Gasteiger partial charge in [0, 0.05) is 17.7 Å². The van der Waals surface area contributed by atoms with Crippen LogP contribution in [-0.2, 0) is 12.0 Å². The second-order valence-electron chi connectivity index (χ2n) is 6.78. The molecule has 0 fully saturated rings. The number of aryl methyl sites for hydroxylation is 1. The molecule has 2 atom stereocenters. The molecule has 2 rings (SSSR count). The van der Waals surface area contributed by atoms with Gasteiger partial charge >= 0.3 is 0 Å². The van der Waals surface area contributed by atoms with Gasteiger partial charge in [0.15, 0.2) is 0 Å². The van der Waals surface area contributed by atoms with Crippen LogP contribution < -0.4 is 5.32 Å². The molecule has 2 aromatic heterocycles. The van der Waals surface area contributed by atoms with Crippen LogP contribution in [0.3, 0.4) is 0 Å². The highest BCUT2D eigenvalue weighted by Crippen LogP contribution is 2.22. The molecule has 0 aliphatic carbocycles. The molecule has 116 valence electrons. The molecule has 0 bridgehead atoms. The average Bonchev–Trinajstić information content (AvgIpc) is 3.03. The molecule has 0 spiro atoms. The zero-order chi connectivity index (χ0) is 15.6. The molecule has 0 amide bonds. The molecule has 2 aromatic rings. The Morgan fingerprint density at radius 1 is 1.29 bits per heavy atom. The van der Waals surface area contributed by atoms with E-state index in [0.717, 1.165) is 11.7 Å². The van der Waals surface area contributed by atoms with E-state index in [-0.39, 0.29) is 17.5 Å². The maximum atomic E-state index is 5.79. The monoisotopic (exact) mass is 290 g/mol. The van der Waals surface area contributed by atoms with Crippen molar-refractivity contribution in [2.24, 2.45) is 0 Å². The molecule has 0 aliphatic heterocycles. The maximum Gasteiger partial charge on any atom is 0.208 e. The summed E-state index contributed by atoms with van der Waals surface area (Å²) in [5.41, 5.74) is 1.17. The zero-order valence-electron chi connectivity index (χ0n) is 13.8. The molecular formula is C16H26N4O. The summed E-state index contributed by atoms with van der Waals surface area (Å²) in [6.45, 7) is 13.3. The Morgan fingerprint density at radius 3 is 2.52 bits per heavy atom. The first-order chi connectivity index (χ1) is 9.77. The second kappa shape index (κ2) is 6.02. The molecule has 0 unspecified atom stereocenters. The standard InChI is InChI=1S/C16H26N4O/c1-11-7-19-20(10-11)13(3)12(2)17-9-15-18-8-14(21-15)16(4,5)6/h7-8,10,12-13,17H,9H2,1-6H3/t12-,13+/m0/s1. The quantitative estimate of drug-likeness (QED) is 0.918. The Labute approximate surface area is 126 Å². The maximum absolute atomic E-state index is 5.79. The van der Waals surface area contributed by atoms with E-state index in [9.17, 15) is 0 Å². The first kappa shape index (κ1) is 15.8. The van der Waals surface area contributed by atoms with Crippen molar-refractivity contribution in [3.05, 3.63) is 35.8 Å². The minimum atomic E-state index is -0.00323. The summed E-state index contributed by atoms with van der Waals surface area (Å²) in [5, 5.41) is 7.82. The molecule has 5 heteroatoms. The Morgan fingerprint density at radius 2 is 2.00 bits per heavy atom. The fourth-order valence-electron chi connectivity index (χ4n) is 2.04. The fourth-order valence-corrected chi connectivity index (χ4v) is 2.04. The number of hydrogen-bond donors (Lipinski definition) is 1. The van der Waals surface area contributed by atoms with Gasteiger partial charge in [-0.2, -0.15) is 5.10 Å². The van der Waals surface area contributed by atoms with Crippen LogP contribution in [0.1, 0.15) is 57.9 Å². The lowest BCUT2D eigenvalue weighted by molar-refractivity contribution is 0.332. The number of nitrogens with one attached hydrogen (secondary N) is 1. The number of nitrogens with zero attached hydrogens (tertiary/aromatic N) is 3. The van der Waals surface area contributed by atoms with Crippen molar-refractivity contribution in [1.29, 1.82) is 0 Å². The Hall–Kier alpha value is -1.62. The molecule has 21 heavy (non-hydrogen) atoms. The zero-order valence-corrected chi connectivity index (χ0v) is 13.8. The lowest BCUT2D eigenvalue weighted by Gasteiger charge is -2.21. The molecule has 1 N–H and O–H groups in total. The van der Waals surface area contributed by atoms with Gasteiger partial charge in [-0.05, 0) is 26.3 Å². The molecule has 0 aliphatic rings. The number of oxazole rings is 1. The van der Waals surface area contributed by atoms with E-state index in [1.54, 1.807) is 0 Å². The minimum Gasteiger partial charge on any atom is -0.444 e. The summed E-state index contributed by atoms with van der Waals surface area (Å²) in [5.74, 6) is 1.65. The predicted octanol–water partition coefficient (Wildman–Crippen LogP) is 3.22. The summed E-state index contributed by atoms with van der Waals surface area (Å²) >= 11 is 0. The average molecular weight is 290 g/mol. The molecule has 0 aromatic carbocycles. The van der Waals surface area contributed by atoms with E-state index in [4.69, 9.17) is 4.42 Å². The van der Waals surface area contributed by atoms with E-state index < -0.39 is 0 Å². The normalized spacial score (nSPS) is 15.1. The summed E-state index contributed by atoms with van der Waals surface area (Å²) in [7, 11) is 0. The lowest BCUT2D eigenvalue weighted by Crippen LogP contribution is -2.33. The first-order valence-electron chi connectivity index (χ1n) is 7.46. The number of rotatable bonds is 5. The van der Waals surface area contributed by atoms with Crippen molar-refractivity contribution < 1.29 is 4.42 Å².